The lowest BCUT2D eigenvalue weighted by molar-refractivity contribution is -0.138. The van der Waals surface area contributed by atoms with Crippen molar-refractivity contribution in [3.05, 3.63) is 26.6 Å². The van der Waals surface area contributed by atoms with Gasteiger partial charge in [-0.3, -0.25) is 4.98 Å². The second-order valence-corrected chi connectivity index (χ2v) is 4.42. The molecule has 1 aromatic heterocycles. The fraction of sp³-hybridized carbons (Fsp3) is 0.375. The average Bonchev–Trinajstić information content (AvgIpc) is 2.14. The molecule has 0 fully saturated rings. The van der Waals surface area contributed by atoms with Gasteiger partial charge in [0, 0.05) is 15.1 Å². The highest BCUT2D eigenvalue weighted by molar-refractivity contribution is 14.1. The third kappa shape index (κ3) is 2.82. The molecule has 0 spiro atoms. The van der Waals surface area contributed by atoms with Crippen LogP contribution >= 0.6 is 38.5 Å². The lowest BCUT2D eigenvalue weighted by Crippen LogP contribution is -2.12. The van der Waals surface area contributed by atoms with Gasteiger partial charge in [-0.1, -0.05) is 15.9 Å². The van der Waals surface area contributed by atoms with E-state index in [0.717, 1.165) is 0 Å². The zero-order valence-electron chi connectivity index (χ0n) is 7.45. The zero-order chi connectivity index (χ0) is 12.5. The lowest BCUT2D eigenvalue weighted by atomic mass is 10.1. The largest absolute Gasteiger partial charge is 0.418 e. The Balaban J connectivity index is 3.44. The quantitative estimate of drug-likeness (QED) is 0.392. The fourth-order valence-electron chi connectivity index (χ4n) is 1.07. The summed E-state index contributed by atoms with van der Waals surface area (Å²) >= 11 is 4.17. The first-order valence-electron chi connectivity index (χ1n) is 3.87. The van der Waals surface area contributed by atoms with Gasteiger partial charge in [0.15, 0.2) is 0 Å². The average molecular weight is 416 g/mol. The minimum absolute atomic E-state index is 0.0131. The van der Waals surface area contributed by atoms with Crippen LogP contribution in [-0.4, -0.2) is 4.98 Å². The van der Waals surface area contributed by atoms with Gasteiger partial charge in [-0.25, -0.2) is 8.78 Å². The molecule has 0 amide bonds. The molecule has 1 heterocycles. The van der Waals surface area contributed by atoms with E-state index in [2.05, 4.69) is 20.9 Å². The van der Waals surface area contributed by atoms with E-state index in [0.29, 0.717) is 6.20 Å². The van der Waals surface area contributed by atoms with Gasteiger partial charge in [0.1, 0.15) is 0 Å². The molecule has 90 valence electrons. The van der Waals surface area contributed by atoms with Crippen molar-refractivity contribution in [3.8, 4) is 0 Å². The van der Waals surface area contributed by atoms with Crippen LogP contribution in [0.5, 0.6) is 0 Å². The summed E-state index contributed by atoms with van der Waals surface area (Å²) < 4.78 is 62.0. The Morgan fingerprint density at radius 2 is 1.94 bits per heavy atom. The van der Waals surface area contributed by atoms with Gasteiger partial charge < -0.3 is 0 Å². The van der Waals surface area contributed by atoms with E-state index in [1.54, 1.807) is 0 Å². The topological polar surface area (TPSA) is 12.9 Å². The number of alkyl halides is 6. The van der Waals surface area contributed by atoms with Crippen molar-refractivity contribution in [1.29, 1.82) is 0 Å². The van der Waals surface area contributed by atoms with Crippen LogP contribution in [0.1, 0.15) is 23.2 Å². The van der Waals surface area contributed by atoms with Crippen LogP contribution in [-0.2, 0) is 11.5 Å². The number of hydrogen-bond donors (Lipinski definition) is 0. The van der Waals surface area contributed by atoms with Crippen molar-refractivity contribution in [3.63, 3.8) is 0 Å². The SMILES string of the molecule is FC(F)c1c(CBr)ncc(C(F)(F)F)c1I. The van der Waals surface area contributed by atoms with Crippen LogP contribution in [0.4, 0.5) is 22.0 Å². The number of pyridine rings is 1. The van der Waals surface area contributed by atoms with Gasteiger partial charge in [0.25, 0.3) is 6.43 Å². The van der Waals surface area contributed by atoms with E-state index in [1.807, 2.05) is 0 Å². The minimum atomic E-state index is -4.67. The molecule has 0 saturated carbocycles. The summed E-state index contributed by atoms with van der Waals surface area (Å²) in [6, 6.07) is 0. The summed E-state index contributed by atoms with van der Waals surface area (Å²) in [6.07, 6.45) is -7.07. The Morgan fingerprint density at radius 3 is 2.31 bits per heavy atom. The maximum absolute atomic E-state index is 12.6. The monoisotopic (exact) mass is 415 g/mol. The number of rotatable bonds is 2. The molecular formula is C8H4BrF5IN. The molecule has 0 bridgehead atoms. The molecule has 0 saturated heterocycles. The molecule has 8 heteroatoms. The Hall–Kier alpha value is 0.01000. The smallest absolute Gasteiger partial charge is 0.259 e. The third-order valence-corrected chi connectivity index (χ3v) is 3.48. The Morgan fingerprint density at radius 1 is 1.38 bits per heavy atom. The summed E-state index contributed by atoms with van der Waals surface area (Å²) in [5, 5.41) is -0.0131. The van der Waals surface area contributed by atoms with Crippen molar-refractivity contribution in [2.24, 2.45) is 0 Å². The lowest BCUT2D eigenvalue weighted by Gasteiger charge is -2.14. The van der Waals surface area contributed by atoms with Gasteiger partial charge in [-0.15, -0.1) is 0 Å². The minimum Gasteiger partial charge on any atom is -0.259 e. The normalized spacial score (nSPS) is 12.2. The molecule has 0 aliphatic rings. The van der Waals surface area contributed by atoms with E-state index in [4.69, 9.17) is 0 Å². The van der Waals surface area contributed by atoms with E-state index >= 15 is 0 Å². The molecule has 1 nitrogen and oxygen atoms in total. The van der Waals surface area contributed by atoms with Crippen molar-refractivity contribution in [2.45, 2.75) is 17.9 Å². The van der Waals surface area contributed by atoms with Crippen LogP contribution in [0.25, 0.3) is 0 Å². The number of aromatic nitrogens is 1. The number of hydrogen-bond acceptors (Lipinski definition) is 1. The first kappa shape index (κ1) is 14.1. The molecule has 0 unspecified atom stereocenters. The maximum Gasteiger partial charge on any atom is 0.418 e. The number of halogens is 7. The first-order valence-corrected chi connectivity index (χ1v) is 6.07. The summed E-state index contributed by atoms with van der Waals surface area (Å²) in [5.41, 5.74) is -1.87. The van der Waals surface area contributed by atoms with Crippen LogP contribution in [0.3, 0.4) is 0 Å². The zero-order valence-corrected chi connectivity index (χ0v) is 11.2. The summed E-state index contributed by atoms with van der Waals surface area (Å²) in [7, 11) is 0. The van der Waals surface area contributed by atoms with E-state index in [1.165, 1.54) is 22.6 Å². The molecule has 1 aromatic rings. The highest BCUT2D eigenvalue weighted by Gasteiger charge is 2.36. The molecule has 16 heavy (non-hydrogen) atoms. The van der Waals surface area contributed by atoms with E-state index in [-0.39, 0.29) is 11.0 Å². The summed E-state index contributed by atoms with van der Waals surface area (Å²) in [4.78, 5) is 3.39. The van der Waals surface area contributed by atoms with Gasteiger partial charge in [0.05, 0.1) is 16.8 Å². The van der Waals surface area contributed by atoms with Crippen molar-refractivity contribution < 1.29 is 22.0 Å². The van der Waals surface area contributed by atoms with Crippen molar-refractivity contribution >= 4 is 38.5 Å². The van der Waals surface area contributed by atoms with Crippen LogP contribution < -0.4 is 0 Å². The maximum atomic E-state index is 12.6. The molecule has 0 N–H and O–H groups in total. The second kappa shape index (κ2) is 5.11. The van der Waals surface area contributed by atoms with Crippen LogP contribution in [0.15, 0.2) is 6.20 Å². The predicted molar refractivity (Wildman–Crippen MR) is 59.5 cm³/mol. The molecular weight excluding hydrogens is 412 g/mol. The van der Waals surface area contributed by atoms with E-state index < -0.39 is 27.3 Å². The summed E-state index contributed by atoms with van der Waals surface area (Å²) in [6.45, 7) is 0. The molecule has 0 aromatic carbocycles. The third-order valence-electron chi connectivity index (χ3n) is 1.78. The Kier molecular flexibility index (Phi) is 4.49. The van der Waals surface area contributed by atoms with Gasteiger partial charge in [-0.05, 0) is 22.6 Å². The van der Waals surface area contributed by atoms with E-state index in [9.17, 15) is 22.0 Å². The molecule has 0 radical (unpaired) electrons. The van der Waals surface area contributed by atoms with Crippen LogP contribution in [0, 0.1) is 3.57 Å². The van der Waals surface area contributed by atoms with Gasteiger partial charge in [-0.2, -0.15) is 13.2 Å². The molecule has 0 aliphatic carbocycles. The van der Waals surface area contributed by atoms with Crippen molar-refractivity contribution in [1.82, 2.24) is 4.98 Å². The number of nitrogens with zero attached hydrogens (tertiary/aromatic N) is 1. The Bertz CT molecular complexity index is 393. The standard InChI is InChI=1S/C8H4BrF5IN/c9-1-4-5(7(10)11)6(15)3(2-16-4)8(12,13)14/h2,7H,1H2. The van der Waals surface area contributed by atoms with Gasteiger partial charge in [0.2, 0.25) is 0 Å². The molecule has 0 atom stereocenters. The van der Waals surface area contributed by atoms with Crippen molar-refractivity contribution in [2.75, 3.05) is 0 Å². The fourth-order valence-corrected chi connectivity index (χ4v) is 2.50. The highest BCUT2D eigenvalue weighted by Crippen LogP contribution is 2.37. The van der Waals surface area contributed by atoms with Crippen LogP contribution in [0.2, 0.25) is 0 Å². The Labute approximate surface area is 110 Å². The highest BCUT2D eigenvalue weighted by atomic mass is 127. The van der Waals surface area contributed by atoms with Gasteiger partial charge >= 0.3 is 6.18 Å². The summed E-state index contributed by atoms with van der Waals surface area (Å²) in [5.74, 6) is 0. The second-order valence-electron chi connectivity index (χ2n) is 2.78. The predicted octanol–water partition coefficient (Wildman–Crippen LogP) is 4.54. The molecule has 0 aliphatic heterocycles. The molecule has 1 rings (SSSR count). The first-order chi connectivity index (χ1) is 7.29.